The van der Waals surface area contributed by atoms with E-state index in [1.807, 2.05) is 56.3 Å². The summed E-state index contributed by atoms with van der Waals surface area (Å²) >= 11 is 1.31. The number of ether oxygens (including phenoxy) is 2. The molecule has 0 radical (unpaired) electrons. The topological polar surface area (TPSA) is 80.2 Å². The van der Waals surface area contributed by atoms with Gasteiger partial charge in [0.2, 0.25) is 11.8 Å². The third-order valence-corrected chi connectivity index (χ3v) is 5.50. The molecule has 0 spiro atoms. The van der Waals surface area contributed by atoms with Crippen LogP contribution in [0.1, 0.15) is 35.9 Å². The number of aryl methyl sites for hydroxylation is 2. The largest absolute Gasteiger partial charge is 0.490 e. The van der Waals surface area contributed by atoms with E-state index in [0.29, 0.717) is 24.1 Å². The Hall–Kier alpha value is -3.00. The van der Waals surface area contributed by atoms with E-state index in [1.54, 1.807) is 0 Å². The van der Waals surface area contributed by atoms with Gasteiger partial charge in [0.05, 0.1) is 0 Å². The molecule has 2 aromatic rings. The fourth-order valence-electron chi connectivity index (χ4n) is 3.07. The summed E-state index contributed by atoms with van der Waals surface area (Å²) in [5.41, 5.74) is 3.04. The number of nitrogens with zero attached hydrogens (tertiary/aromatic N) is 2. The number of hydrogen-bond acceptors (Lipinski definition) is 6. The first-order chi connectivity index (χ1) is 14.3. The molecular formula is C22H25N3O4S. The fraction of sp³-hybridized carbons (Fsp3) is 0.318. The molecule has 8 heteroatoms. The lowest BCUT2D eigenvalue weighted by Gasteiger charge is -2.20. The van der Waals surface area contributed by atoms with Crippen molar-refractivity contribution in [3.8, 4) is 11.5 Å². The standard InChI is InChI=1S/C22H25N3O4S/c1-14-7-5-8-15(2)20(14)29-12-11-28-19-10-6-9-18(13-19)21-25(17(4)27)24-22(30-21)23-16(3)26/h5-10,13,21H,11-12H2,1-4H3,(H,23,24,26)/t21-/m1/s1. The number of carbonyl (C=O) groups is 2. The number of hydrazone groups is 1. The minimum Gasteiger partial charge on any atom is -0.490 e. The predicted octanol–water partition coefficient (Wildman–Crippen LogP) is 3.76. The van der Waals surface area contributed by atoms with Gasteiger partial charge in [0.25, 0.3) is 0 Å². The van der Waals surface area contributed by atoms with Crippen molar-refractivity contribution in [2.24, 2.45) is 5.10 Å². The number of carbonyl (C=O) groups excluding carboxylic acids is 2. The molecule has 0 saturated carbocycles. The molecule has 158 valence electrons. The van der Waals surface area contributed by atoms with Crippen molar-refractivity contribution in [3.63, 3.8) is 0 Å². The molecule has 0 bridgehead atoms. The average molecular weight is 428 g/mol. The molecule has 2 amide bonds. The zero-order chi connectivity index (χ0) is 21.7. The van der Waals surface area contributed by atoms with E-state index in [4.69, 9.17) is 9.47 Å². The van der Waals surface area contributed by atoms with Crippen LogP contribution in [0.3, 0.4) is 0 Å². The molecule has 0 saturated heterocycles. The van der Waals surface area contributed by atoms with E-state index in [9.17, 15) is 9.59 Å². The quantitative estimate of drug-likeness (QED) is 0.710. The summed E-state index contributed by atoms with van der Waals surface area (Å²) in [4.78, 5) is 23.3. The van der Waals surface area contributed by atoms with E-state index in [1.165, 1.54) is 30.6 Å². The van der Waals surface area contributed by atoms with Crippen LogP contribution in [-0.4, -0.2) is 35.2 Å². The van der Waals surface area contributed by atoms with Crippen molar-refractivity contribution in [2.45, 2.75) is 33.1 Å². The van der Waals surface area contributed by atoms with Gasteiger partial charge in [-0.05, 0) is 42.7 Å². The second-order valence-electron chi connectivity index (χ2n) is 6.91. The van der Waals surface area contributed by atoms with Crippen LogP contribution in [0.2, 0.25) is 0 Å². The number of amidine groups is 1. The van der Waals surface area contributed by atoms with Gasteiger partial charge < -0.3 is 14.8 Å². The van der Waals surface area contributed by atoms with Gasteiger partial charge in [0, 0.05) is 13.8 Å². The van der Waals surface area contributed by atoms with Gasteiger partial charge >= 0.3 is 0 Å². The number of rotatable bonds is 6. The van der Waals surface area contributed by atoms with Crippen molar-refractivity contribution >= 4 is 28.7 Å². The molecule has 1 aliphatic rings. The van der Waals surface area contributed by atoms with Crippen LogP contribution in [0.5, 0.6) is 11.5 Å². The fourth-order valence-corrected chi connectivity index (χ4v) is 4.19. The van der Waals surface area contributed by atoms with Gasteiger partial charge in [-0.3, -0.25) is 9.59 Å². The van der Waals surface area contributed by atoms with Crippen LogP contribution in [0.15, 0.2) is 47.6 Å². The summed E-state index contributed by atoms with van der Waals surface area (Å²) in [6, 6.07) is 13.5. The van der Waals surface area contributed by atoms with Crippen LogP contribution < -0.4 is 14.8 Å². The molecule has 1 N–H and O–H groups in total. The molecule has 0 unspecified atom stereocenters. The van der Waals surface area contributed by atoms with Crippen LogP contribution in [-0.2, 0) is 9.59 Å². The normalized spacial score (nSPS) is 15.5. The summed E-state index contributed by atoms with van der Waals surface area (Å²) in [6.07, 6.45) is 0. The van der Waals surface area contributed by atoms with E-state index in [2.05, 4.69) is 10.4 Å². The third-order valence-electron chi connectivity index (χ3n) is 4.40. The molecule has 3 rings (SSSR count). The van der Waals surface area contributed by atoms with Gasteiger partial charge in [-0.15, -0.1) is 5.10 Å². The number of thioether (sulfide) groups is 1. The lowest BCUT2D eigenvalue weighted by molar-refractivity contribution is -0.129. The minimum atomic E-state index is -0.362. The Morgan fingerprint density at radius 2 is 1.73 bits per heavy atom. The van der Waals surface area contributed by atoms with Crippen LogP contribution in [0.25, 0.3) is 0 Å². The number of nitrogens with one attached hydrogen (secondary N) is 1. The van der Waals surface area contributed by atoms with Gasteiger partial charge in [-0.25, -0.2) is 5.01 Å². The lowest BCUT2D eigenvalue weighted by Crippen LogP contribution is -2.25. The van der Waals surface area contributed by atoms with Gasteiger partial charge in [0.1, 0.15) is 30.1 Å². The van der Waals surface area contributed by atoms with Crippen molar-refractivity contribution in [3.05, 3.63) is 59.2 Å². The highest BCUT2D eigenvalue weighted by Crippen LogP contribution is 2.39. The Bertz CT molecular complexity index is 956. The van der Waals surface area contributed by atoms with E-state index < -0.39 is 0 Å². The summed E-state index contributed by atoms with van der Waals surface area (Å²) in [5, 5.41) is 8.25. The summed E-state index contributed by atoms with van der Waals surface area (Å²) < 4.78 is 11.7. The van der Waals surface area contributed by atoms with Gasteiger partial charge in [0.15, 0.2) is 5.17 Å². The van der Waals surface area contributed by atoms with E-state index in [0.717, 1.165) is 22.4 Å². The van der Waals surface area contributed by atoms with E-state index in [-0.39, 0.29) is 17.2 Å². The Balaban J connectivity index is 1.62. The molecule has 1 heterocycles. The number of benzene rings is 2. The molecular weight excluding hydrogens is 402 g/mol. The molecule has 0 aromatic heterocycles. The summed E-state index contributed by atoms with van der Waals surface area (Å²) in [5.74, 6) is 1.12. The molecule has 1 atom stereocenters. The van der Waals surface area contributed by atoms with E-state index >= 15 is 0 Å². The molecule has 1 aliphatic heterocycles. The lowest BCUT2D eigenvalue weighted by atomic mass is 10.1. The Kier molecular flexibility index (Phi) is 6.99. The van der Waals surface area contributed by atoms with Crippen molar-refractivity contribution in [1.82, 2.24) is 10.3 Å². The molecule has 2 aromatic carbocycles. The highest BCUT2D eigenvalue weighted by atomic mass is 32.2. The molecule has 0 fully saturated rings. The maximum atomic E-state index is 12.0. The number of para-hydroxylation sites is 1. The maximum absolute atomic E-state index is 12.0. The SMILES string of the molecule is CC(=O)NC1=NN(C(C)=O)[C@@H](c2cccc(OCCOc3c(C)cccc3C)c2)S1. The highest BCUT2D eigenvalue weighted by Gasteiger charge is 2.32. The Morgan fingerprint density at radius 1 is 1.07 bits per heavy atom. The maximum Gasteiger partial charge on any atom is 0.241 e. The van der Waals surface area contributed by atoms with Crippen molar-refractivity contribution in [2.75, 3.05) is 13.2 Å². The smallest absolute Gasteiger partial charge is 0.241 e. The first kappa shape index (κ1) is 21.7. The van der Waals surface area contributed by atoms with Crippen LogP contribution in [0, 0.1) is 13.8 Å². The van der Waals surface area contributed by atoms with Crippen LogP contribution >= 0.6 is 11.8 Å². The Labute approximate surface area is 180 Å². The summed E-state index contributed by atoms with van der Waals surface area (Å²) in [7, 11) is 0. The first-order valence-electron chi connectivity index (χ1n) is 9.59. The monoisotopic (exact) mass is 427 g/mol. The van der Waals surface area contributed by atoms with Gasteiger partial charge in [-0.2, -0.15) is 0 Å². The highest BCUT2D eigenvalue weighted by molar-refractivity contribution is 8.14. The zero-order valence-electron chi connectivity index (χ0n) is 17.5. The van der Waals surface area contributed by atoms with Crippen molar-refractivity contribution < 1.29 is 19.1 Å². The first-order valence-corrected chi connectivity index (χ1v) is 10.5. The second-order valence-corrected chi connectivity index (χ2v) is 7.98. The third kappa shape index (κ3) is 5.33. The molecule has 0 aliphatic carbocycles. The van der Waals surface area contributed by atoms with Crippen molar-refractivity contribution in [1.29, 1.82) is 0 Å². The predicted molar refractivity (Wildman–Crippen MR) is 117 cm³/mol. The van der Waals surface area contributed by atoms with Crippen LogP contribution in [0.4, 0.5) is 0 Å². The number of amides is 2. The number of hydrogen-bond donors (Lipinski definition) is 1. The van der Waals surface area contributed by atoms with Gasteiger partial charge in [-0.1, -0.05) is 42.1 Å². The molecule has 30 heavy (non-hydrogen) atoms. The summed E-state index contributed by atoms with van der Waals surface area (Å²) in [6.45, 7) is 7.69. The second kappa shape index (κ2) is 9.67. The Morgan fingerprint density at radius 3 is 2.40 bits per heavy atom. The average Bonchev–Trinajstić information content (AvgIpc) is 3.11. The zero-order valence-corrected chi connectivity index (χ0v) is 18.3. The molecule has 7 nitrogen and oxygen atoms in total. The minimum absolute atomic E-state index is 0.207.